The average molecular weight is 290 g/mol. The van der Waals surface area contributed by atoms with Crippen LogP contribution in [0.2, 0.25) is 0 Å². The largest absolute Gasteiger partial charge is 0.367 e. The number of halogens is 3. The van der Waals surface area contributed by atoms with E-state index in [1.165, 1.54) is 30.3 Å². The Hall–Kier alpha value is -2.76. The smallest absolute Gasteiger partial charge is 0.230 e. The number of nitrogen functional groups attached to an aromatic ring is 1. The maximum absolute atomic E-state index is 13.9. The molecule has 0 saturated heterocycles. The van der Waals surface area contributed by atoms with E-state index in [0.717, 1.165) is 12.1 Å². The highest BCUT2D eigenvalue weighted by molar-refractivity contribution is 5.87. The molecule has 0 atom stereocenters. The summed E-state index contributed by atoms with van der Waals surface area (Å²) in [4.78, 5) is 0. The minimum atomic E-state index is -0.784. The van der Waals surface area contributed by atoms with Gasteiger partial charge in [-0.1, -0.05) is 5.16 Å². The zero-order valence-electron chi connectivity index (χ0n) is 10.6. The lowest BCUT2D eigenvalue weighted by molar-refractivity contribution is 0.439. The van der Waals surface area contributed by atoms with Crippen LogP contribution in [0.3, 0.4) is 0 Å². The predicted octanol–water partition coefficient (Wildman–Crippen LogP) is 4.01. The minimum absolute atomic E-state index is 0.0643. The Balaban J connectivity index is 2.19. The summed E-state index contributed by atoms with van der Waals surface area (Å²) in [5.74, 6) is -1.99. The molecule has 2 N–H and O–H groups in total. The molecule has 0 saturated carbocycles. The Bertz CT molecular complexity index is 797. The van der Waals surface area contributed by atoms with Crippen molar-refractivity contribution in [2.45, 2.75) is 0 Å². The first kappa shape index (κ1) is 13.2. The van der Waals surface area contributed by atoms with Crippen molar-refractivity contribution >= 4 is 5.88 Å². The molecule has 106 valence electrons. The molecule has 6 heteroatoms. The third-order valence-electron chi connectivity index (χ3n) is 3.04. The summed E-state index contributed by atoms with van der Waals surface area (Å²) < 4.78 is 44.8. The van der Waals surface area contributed by atoms with Gasteiger partial charge in [0.15, 0.2) is 0 Å². The molecule has 21 heavy (non-hydrogen) atoms. The van der Waals surface area contributed by atoms with Gasteiger partial charge in [0, 0.05) is 17.2 Å². The molecule has 0 amide bonds. The van der Waals surface area contributed by atoms with E-state index in [0.29, 0.717) is 5.56 Å². The van der Waals surface area contributed by atoms with Crippen LogP contribution in [-0.4, -0.2) is 5.16 Å². The summed E-state index contributed by atoms with van der Waals surface area (Å²) in [6.45, 7) is 0. The molecule has 3 rings (SSSR count). The van der Waals surface area contributed by atoms with Gasteiger partial charge >= 0.3 is 0 Å². The topological polar surface area (TPSA) is 52.0 Å². The summed E-state index contributed by atoms with van der Waals surface area (Å²) in [5.41, 5.74) is 6.73. The van der Waals surface area contributed by atoms with Crippen molar-refractivity contribution < 1.29 is 17.7 Å². The number of benzene rings is 2. The van der Waals surface area contributed by atoms with Gasteiger partial charge < -0.3 is 10.3 Å². The van der Waals surface area contributed by atoms with Crippen LogP contribution >= 0.6 is 0 Å². The van der Waals surface area contributed by atoms with Crippen molar-refractivity contribution in [1.82, 2.24) is 5.16 Å². The summed E-state index contributed by atoms with van der Waals surface area (Å²) in [5, 5.41) is 3.77. The van der Waals surface area contributed by atoms with Crippen LogP contribution in [0.15, 0.2) is 47.0 Å². The lowest BCUT2D eigenvalue weighted by Crippen LogP contribution is -1.92. The predicted molar refractivity (Wildman–Crippen MR) is 71.7 cm³/mol. The van der Waals surface area contributed by atoms with Gasteiger partial charge in [0.05, 0.1) is 5.56 Å². The Morgan fingerprint density at radius 2 is 1.57 bits per heavy atom. The number of nitrogens with two attached hydrogens (primary N) is 1. The van der Waals surface area contributed by atoms with Crippen molar-refractivity contribution in [2.75, 3.05) is 5.73 Å². The van der Waals surface area contributed by atoms with E-state index in [4.69, 9.17) is 10.3 Å². The van der Waals surface area contributed by atoms with Gasteiger partial charge in [0.1, 0.15) is 23.1 Å². The SMILES string of the molecule is Nc1onc(-c2ccc(F)cc2)c1-c1ccc(F)cc1F. The molecule has 0 unspecified atom stereocenters. The van der Waals surface area contributed by atoms with E-state index >= 15 is 0 Å². The van der Waals surface area contributed by atoms with Crippen LogP contribution in [0.5, 0.6) is 0 Å². The minimum Gasteiger partial charge on any atom is -0.367 e. The van der Waals surface area contributed by atoms with Crippen LogP contribution in [-0.2, 0) is 0 Å². The fourth-order valence-electron chi connectivity index (χ4n) is 2.06. The molecule has 0 aliphatic heterocycles. The molecule has 3 nitrogen and oxygen atoms in total. The summed E-state index contributed by atoms with van der Waals surface area (Å²) in [7, 11) is 0. The zero-order valence-corrected chi connectivity index (χ0v) is 10.6. The standard InChI is InChI=1S/C15H9F3N2O/c16-9-3-1-8(2-4-9)14-13(15(19)21-20-14)11-6-5-10(17)7-12(11)18/h1-7H,19H2. The Labute approximate surface area is 117 Å². The second-order valence-corrected chi connectivity index (χ2v) is 4.40. The van der Waals surface area contributed by atoms with Crippen molar-refractivity contribution in [3.8, 4) is 22.4 Å². The van der Waals surface area contributed by atoms with Crippen LogP contribution in [0, 0.1) is 17.5 Å². The second kappa shape index (κ2) is 4.97. The maximum atomic E-state index is 13.9. The highest BCUT2D eigenvalue weighted by Crippen LogP contribution is 2.37. The molecule has 0 bridgehead atoms. The fraction of sp³-hybridized carbons (Fsp3) is 0. The van der Waals surface area contributed by atoms with E-state index in [1.54, 1.807) is 0 Å². The first-order chi connectivity index (χ1) is 10.1. The molecule has 2 aromatic carbocycles. The van der Waals surface area contributed by atoms with E-state index in [1.807, 2.05) is 0 Å². The lowest BCUT2D eigenvalue weighted by Gasteiger charge is -2.04. The van der Waals surface area contributed by atoms with Gasteiger partial charge in [0.2, 0.25) is 5.88 Å². The van der Waals surface area contributed by atoms with Gasteiger partial charge in [-0.25, -0.2) is 13.2 Å². The molecule has 0 radical (unpaired) electrons. The number of hydrogen-bond donors (Lipinski definition) is 1. The number of nitrogens with zero attached hydrogens (tertiary/aromatic N) is 1. The van der Waals surface area contributed by atoms with Crippen LogP contribution < -0.4 is 5.73 Å². The molecular formula is C15H9F3N2O. The molecule has 1 heterocycles. The summed E-state index contributed by atoms with van der Waals surface area (Å²) in [6.07, 6.45) is 0. The van der Waals surface area contributed by atoms with E-state index < -0.39 is 17.5 Å². The molecule has 0 fully saturated rings. The van der Waals surface area contributed by atoms with E-state index in [-0.39, 0.29) is 22.7 Å². The molecule has 0 aliphatic rings. The number of hydrogen-bond acceptors (Lipinski definition) is 3. The van der Waals surface area contributed by atoms with Crippen molar-refractivity contribution in [2.24, 2.45) is 0 Å². The lowest BCUT2D eigenvalue weighted by atomic mass is 10.0. The Morgan fingerprint density at radius 3 is 2.24 bits per heavy atom. The Kier molecular flexibility index (Phi) is 3.13. The fourth-order valence-corrected chi connectivity index (χ4v) is 2.06. The number of aromatic nitrogens is 1. The van der Waals surface area contributed by atoms with Crippen LogP contribution in [0.1, 0.15) is 0 Å². The average Bonchev–Trinajstić information content (AvgIpc) is 2.82. The van der Waals surface area contributed by atoms with Crippen molar-refractivity contribution in [3.05, 3.63) is 59.9 Å². The maximum Gasteiger partial charge on any atom is 0.230 e. The molecule has 0 aliphatic carbocycles. The molecule has 3 aromatic rings. The zero-order chi connectivity index (χ0) is 15.0. The molecule has 0 spiro atoms. The van der Waals surface area contributed by atoms with Gasteiger partial charge in [-0.05, 0) is 36.4 Å². The second-order valence-electron chi connectivity index (χ2n) is 4.40. The number of anilines is 1. The van der Waals surface area contributed by atoms with Gasteiger partial charge in [-0.15, -0.1) is 0 Å². The molecular weight excluding hydrogens is 281 g/mol. The van der Waals surface area contributed by atoms with Crippen molar-refractivity contribution in [1.29, 1.82) is 0 Å². The quantitative estimate of drug-likeness (QED) is 0.776. The first-order valence-corrected chi connectivity index (χ1v) is 6.03. The first-order valence-electron chi connectivity index (χ1n) is 6.03. The monoisotopic (exact) mass is 290 g/mol. The third-order valence-corrected chi connectivity index (χ3v) is 3.04. The van der Waals surface area contributed by atoms with Gasteiger partial charge in [0.25, 0.3) is 0 Å². The highest BCUT2D eigenvalue weighted by atomic mass is 19.1. The normalized spacial score (nSPS) is 10.8. The van der Waals surface area contributed by atoms with Gasteiger partial charge in [-0.3, -0.25) is 0 Å². The van der Waals surface area contributed by atoms with E-state index in [9.17, 15) is 13.2 Å². The summed E-state index contributed by atoms with van der Waals surface area (Å²) in [6, 6.07) is 8.53. The van der Waals surface area contributed by atoms with Crippen LogP contribution in [0.4, 0.5) is 19.1 Å². The number of rotatable bonds is 2. The van der Waals surface area contributed by atoms with E-state index in [2.05, 4.69) is 5.16 Å². The van der Waals surface area contributed by atoms with Crippen molar-refractivity contribution in [3.63, 3.8) is 0 Å². The third kappa shape index (κ3) is 2.35. The molecule has 1 aromatic heterocycles. The highest BCUT2D eigenvalue weighted by Gasteiger charge is 2.20. The van der Waals surface area contributed by atoms with Gasteiger partial charge in [-0.2, -0.15) is 0 Å². The Morgan fingerprint density at radius 1 is 0.905 bits per heavy atom. The summed E-state index contributed by atoms with van der Waals surface area (Å²) >= 11 is 0. The van der Waals surface area contributed by atoms with Crippen LogP contribution in [0.25, 0.3) is 22.4 Å².